The number of rotatable bonds is 2. The second kappa shape index (κ2) is 3.25. The minimum atomic E-state index is -0.688. The number of urea groups is 2. The summed E-state index contributed by atoms with van der Waals surface area (Å²) in [6.07, 6.45) is 1.61. The molecule has 1 heterocycles. The third-order valence-electron chi connectivity index (χ3n) is 1.71. The van der Waals surface area contributed by atoms with Crippen molar-refractivity contribution < 1.29 is 9.59 Å². The molecule has 1 rings (SSSR count). The molecule has 0 unspecified atom stereocenters. The minimum Gasteiger partial charge on any atom is -0.351 e. The smallest absolute Gasteiger partial charge is 0.328 e. The van der Waals surface area contributed by atoms with Gasteiger partial charge in [-0.25, -0.2) is 14.5 Å². The van der Waals surface area contributed by atoms with E-state index in [1.807, 2.05) is 0 Å². The normalized spacial score (nSPS) is 16.8. The van der Waals surface area contributed by atoms with Gasteiger partial charge in [0.1, 0.15) is 0 Å². The highest BCUT2D eigenvalue weighted by Crippen LogP contribution is 2.07. The maximum atomic E-state index is 11.2. The van der Waals surface area contributed by atoms with Crippen LogP contribution in [0.15, 0.2) is 12.7 Å². The van der Waals surface area contributed by atoms with Crippen LogP contribution >= 0.6 is 0 Å². The van der Waals surface area contributed by atoms with Crippen molar-refractivity contribution in [1.82, 2.24) is 9.80 Å². The molecule has 0 radical (unpaired) electrons. The summed E-state index contributed by atoms with van der Waals surface area (Å²) in [5.74, 6) is 0. The molecule has 0 saturated carbocycles. The van der Waals surface area contributed by atoms with Crippen molar-refractivity contribution in [3.63, 3.8) is 0 Å². The number of primary amides is 1. The van der Waals surface area contributed by atoms with E-state index in [9.17, 15) is 9.59 Å². The highest BCUT2D eigenvalue weighted by atomic mass is 16.2. The Morgan fingerprint density at radius 2 is 2.33 bits per heavy atom. The molecule has 1 saturated heterocycles. The standard InChI is InChI=1S/C7H11N3O2/c1-2-3-9-4-5-10(6(8)11)7(9)12/h2H,1,3-5H2,(H2,8,11). The summed E-state index contributed by atoms with van der Waals surface area (Å²) in [7, 11) is 0. The van der Waals surface area contributed by atoms with E-state index in [1.54, 1.807) is 6.08 Å². The fourth-order valence-electron chi connectivity index (χ4n) is 1.11. The van der Waals surface area contributed by atoms with Gasteiger partial charge in [-0.1, -0.05) is 6.08 Å². The van der Waals surface area contributed by atoms with Crippen molar-refractivity contribution in [2.24, 2.45) is 5.73 Å². The molecular formula is C7H11N3O2. The molecule has 1 fully saturated rings. The van der Waals surface area contributed by atoms with Crippen LogP contribution in [-0.4, -0.2) is 41.5 Å². The second-order valence-corrected chi connectivity index (χ2v) is 2.51. The van der Waals surface area contributed by atoms with Crippen molar-refractivity contribution >= 4 is 12.1 Å². The molecule has 0 aromatic heterocycles. The molecule has 5 heteroatoms. The van der Waals surface area contributed by atoms with Gasteiger partial charge >= 0.3 is 12.1 Å². The third-order valence-corrected chi connectivity index (χ3v) is 1.71. The predicted octanol–water partition coefficient (Wildman–Crippen LogP) is -0.0113. The number of amides is 4. The van der Waals surface area contributed by atoms with E-state index in [0.717, 1.165) is 4.90 Å². The molecule has 1 aliphatic rings. The third kappa shape index (κ3) is 1.39. The highest BCUT2D eigenvalue weighted by molar-refractivity contribution is 5.94. The maximum absolute atomic E-state index is 11.2. The largest absolute Gasteiger partial charge is 0.351 e. The fourth-order valence-corrected chi connectivity index (χ4v) is 1.11. The van der Waals surface area contributed by atoms with Crippen LogP contribution in [0.1, 0.15) is 0 Å². The number of carbonyl (C=O) groups excluding carboxylic acids is 2. The summed E-state index contributed by atoms with van der Waals surface area (Å²) < 4.78 is 0. The first-order valence-corrected chi connectivity index (χ1v) is 3.63. The molecule has 0 spiro atoms. The molecule has 66 valence electrons. The molecule has 0 atom stereocenters. The Morgan fingerprint density at radius 1 is 1.67 bits per heavy atom. The van der Waals surface area contributed by atoms with Crippen LogP contribution in [0.5, 0.6) is 0 Å². The number of carbonyl (C=O) groups is 2. The summed E-state index contributed by atoms with van der Waals surface area (Å²) in [4.78, 5) is 24.4. The van der Waals surface area contributed by atoms with Crippen molar-refractivity contribution in [3.8, 4) is 0 Å². The summed E-state index contributed by atoms with van der Waals surface area (Å²) in [6.45, 7) is 4.87. The van der Waals surface area contributed by atoms with Crippen LogP contribution in [0.25, 0.3) is 0 Å². The Bertz CT molecular complexity index is 227. The van der Waals surface area contributed by atoms with Crippen LogP contribution < -0.4 is 5.73 Å². The lowest BCUT2D eigenvalue weighted by Crippen LogP contribution is -2.39. The van der Waals surface area contributed by atoms with Gasteiger partial charge in [-0.15, -0.1) is 6.58 Å². The van der Waals surface area contributed by atoms with Gasteiger partial charge in [0, 0.05) is 19.6 Å². The number of nitrogens with zero attached hydrogens (tertiary/aromatic N) is 2. The van der Waals surface area contributed by atoms with E-state index >= 15 is 0 Å². The lowest BCUT2D eigenvalue weighted by atomic mass is 10.5. The first kappa shape index (κ1) is 8.58. The minimum absolute atomic E-state index is 0.331. The summed E-state index contributed by atoms with van der Waals surface area (Å²) in [6, 6.07) is -1.02. The van der Waals surface area contributed by atoms with Gasteiger partial charge in [-0.05, 0) is 0 Å². The van der Waals surface area contributed by atoms with Crippen molar-refractivity contribution in [2.45, 2.75) is 0 Å². The van der Waals surface area contributed by atoms with E-state index in [1.165, 1.54) is 4.90 Å². The predicted molar refractivity (Wildman–Crippen MR) is 43.5 cm³/mol. The molecule has 4 amide bonds. The van der Waals surface area contributed by atoms with Gasteiger partial charge in [-0.3, -0.25) is 0 Å². The molecule has 2 N–H and O–H groups in total. The average Bonchev–Trinajstić information content (AvgIpc) is 2.34. The average molecular weight is 169 g/mol. The molecule has 5 nitrogen and oxygen atoms in total. The van der Waals surface area contributed by atoms with Gasteiger partial charge in [-0.2, -0.15) is 0 Å². The Labute approximate surface area is 70.4 Å². The molecule has 0 aromatic carbocycles. The maximum Gasteiger partial charge on any atom is 0.328 e. The Morgan fingerprint density at radius 3 is 2.75 bits per heavy atom. The van der Waals surface area contributed by atoms with E-state index in [0.29, 0.717) is 19.6 Å². The van der Waals surface area contributed by atoms with Gasteiger partial charge in [0.2, 0.25) is 0 Å². The van der Waals surface area contributed by atoms with Crippen molar-refractivity contribution in [2.75, 3.05) is 19.6 Å². The Hall–Kier alpha value is -1.52. The summed E-state index contributed by atoms with van der Waals surface area (Å²) in [5.41, 5.74) is 4.96. The molecule has 0 bridgehead atoms. The zero-order chi connectivity index (χ0) is 9.14. The van der Waals surface area contributed by atoms with E-state index < -0.39 is 6.03 Å². The van der Waals surface area contributed by atoms with Crippen LogP contribution in [-0.2, 0) is 0 Å². The topological polar surface area (TPSA) is 66.6 Å². The number of nitrogens with two attached hydrogens (primary N) is 1. The zero-order valence-corrected chi connectivity index (χ0v) is 6.69. The Balaban J connectivity index is 2.60. The summed E-state index contributed by atoms with van der Waals surface area (Å²) in [5, 5.41) is 0. The highest BCUT2D eigenvalue weighted by Gasteiger charge is 2.30. The van der Waals surface area contributed by atoms with Gasteiger partial charge in [0.15, 0.2) is 0 Å². The molecular weight excluding hydrogens is 158 g/mol. The number of hydrogen-bond acceptors (Lipinski definition) is 2. The molecule has 12 heavy (non-hydrogen) atoms. The first-order valence-electron chi connectivity index (χ1n) is 3.63. The van der Waals surface area contributed by atoms with E-state index in [4.69, 9.17) is 5.73 Å². The lowest BCUT2D eigenvalue weighted by Gasteiger charge is -2.13. The molecule has 0 aliphatic carbocycles. The van der Waals surface area contributed by atoms with Gasteiger partial charge < -0.3 is 10.6 Å². The zero-order valence-electron chi connectivity index (χ0n) is 6.69. The first-order chi connectivity index (χ1) is 5.66. The Kier molecular flexibility index (Phi) is 2.32. The lowest BCUT2D eigenvalue weighted by molar-refractivity contribution is 0.191. The number of imide groups is 1. The molecule has 0 aromatic rings. The van der Waals surface area contributed by atoms with Gasteiger partial charge in [0.25, 0.3) is 0 Å². The van der Waals surface area contributed by atoms with E-state index in [2.05, 4.69) is 6.58 Å². The number of hydrogen-bond donors (Lipinski definition) is 1. The van der Waals surface area contributed by atoms with Crippen molar-refractivity contribution in [3.05, 3.63) is 12.7 Å². The fraction of sp³-hybridized carbons (Fsp3) is 0.429. The van der Waals surface area contributed by atoms with Crippen LogP contribution in [0, 0.1) is 0 Å². The SMILES string of the molecule is C=CCN1CCN(C(N)=O)C1=O. The van der Waals surface area contributed by atoms with Crippen LogP contribution in [0.3, 0.4) is 0 Å². The monoisotopic (exact) mass is 169 g/mol. The summed E-state index contributed by atoms with van der Waals surface area (Å²) >= 11 is 0. The quantitative estimate of drug-likeness (QED) is 0.591. The van der Waals surface area contributed by atoms with Crippen LogP contribution in [0.4, 0.5) is 9.59 Å². The van der Waals surface area contributed by atoms with Gasteiger partial charge in [0.05, 0.1) is 0 Å². The second-order valence-electron chi connectivity index (χ2n) is 2.51. The van der Waals surface area contributed by atoms with Crippen molar-refractivity contribution in [1.29, 1.82) is 0 Å². The molecule has 1 aliphatic heterocycles. The van der Waals surface area contributed by atoms with Crippen LogP contribution in [0.2, 0.25) is 0 Å². The van der Waals surface area contributed by atoms with E-state index in [-0.39, 0.29) is 6.03 Å².